The van der Waals surface area contributed by atoms with Gasteiger partial charge in [0.25, 0.3) is 0 Å². The van der Waals surface area contributed by atoms with Crippen LogP contribution in [0.1, 0.15) is 24.8 Å². The highest BCUT2D eigenvalue weighted by Gasteiger charge is 2.11. The number of nitrogens with one attached hydrogen (secondary N) is 1. The third kappa shape index (κ3) is 2.88. The molecule has 1 heterocycles. The van der Waals surface area contributed by atoms with Gasteiger partial charge in [0.05, 0.1) is 5.02 Å². The Bertz CT molecular complexity index is 542. The average molecular weight is 285 g/mol. The van der Waals surface area contributed by atoms with Gasteiger partial charge in [0.15, 0.2) is 0 Å². The van der Waals surface area contributed by atoms with Crippen LogP contribution < -0.4 is 5.32 Å². The predicted molar refractivity (Wildman–Crippen MR) is 74.6 cm³/mol. The summed E-state index contributed by atoms with van der Waals surface area (Å²) in [6.45, 7) is 5.06. The van der Waals surface area contributed by atoms with Crippen LogP contribution >= 0.6 is 22.9 Å². The van der Waals surface area contributed by atoms with E-state index in [0.717, 1.165) is 22.0 Å². The van der Waals surface area contributed by atoms with E-state index in [1.54, 1.807) is 23.5 Å². The highest BCUT2D eigenvalue weighted by molar-refractivity contribution is 7.15. The van der Waals surface area contributed by atoms with Crippen LogP contribution in [0.4, 0.5) is 4.39 Å². The summed E-state index contributed by atoms with van der Waals surface area (Å²) < 4.78 is 13.4. The molecule has 1 N–H and O–H groups in total. The molecule has 18 heavy (non-hydrogen) atoms. The Hall–Kier alpha value is -0.970. The molecule has 2 rings (SSSR count). The second kappa shape index (κ2) is 5.78. The summed E-state index contributed by atoms with van der Waals surface area (Å²) in [6, 6.07) is 5.02. The molecule has 0 saturated heterocycles. The Labute approximate surface area is 115 Å². The van der Waals surface area contributed by atoms with Crippen molar-refractivity contribution in [2.45, 2.75) is 19.9 Å². The minimum absolute atomic E-state index is 0.136. The fraction of sp³-hybridized carbons (Fsp3) is 0.308. The normalized spacial score (nSPS) is 12.7. The van der Waals surface area contributed by atoms with Crippen molar-refractivity contribution in [2.24, 2.45) is 0 Å². The number of benzene rings is 1. The van der Waals surface area contributed by atoms with Gasteiger partial charge in [0, 0.05) is 22.7 Å². The first-order valence-corrected chi connectivity index (χ1v) is 6.95. The molecule has 2 aromatic rings. The van der Waals surface area contributed by atoms with Gasteiger partial charge in [-0.15, -0.1) is 11.3 Å². The molecule has 0 saturated carbocycles. The zero-order chi connectivity index (χ0) is 13.1. The average Bonchev–Trinajstić information content (AvgIpc) is 2.82. The topological polar surface area (TPSA) is 24.9 Å². The fourth-order valence-electron chi connectivity index (χ4n) is 1.66. The number of aromatic nitrogens is 1. The van der Waals surface area contributed by atoms with Crippen LogP contribution in [0.15, 0.2) is 24.4 Å². The molecule has 0 bridgehead atoms. The molecule has 0 aliphatic rings. The zero-order valence-electron chi connectivity index (χ0n) is 10.2. The molecule has 0 aliphatic carbocycles. The van der Waals surface area contributed by atoms with Crippen molar-refractivity contribution in [3.05, 3.63) is 40.1 Å². The van der Waals surface area contributed by atoms with E-state index in [1.807, 2.05) is 6.20 Å². The Morgan fingerprint density at radius 3 is 2.94 bits per heavy atom. The van der Waals surface area contributed by atoms with Gasteiger partial charge in [-0.3, -0.25) is 0 Å². The van der Waals surface area contributed by atoms with Gasteiger partial charge >= 0.3 is 0 Å². The van der Waals surface area contributed by atoms with Crippen LogP contribution in [0.2, 0.25) is 5.02 Å². The first kappa shape index (κ1) is 13.5. The van der Waals surface area contributed by atoms with Gasteiger partial charge in [0.1, 0.15) is 10.8 Å². The Morgan fingerprint density at radius 2 is 2.28 bits per heavy atom. The molecule has 5 heteroatoms. The minimum Gasteiger partial charge on any atom is -0.310 e. The molecule has 96 valence electrons. The lowest BCUT2D eigenvalue weighted by Crippen LogP contribution is -2.16. The van der Waals surface area contributed by atoms with Crippen LogP contribution in [0.25, 0.3) is 10.6 Å². The van der Waals surface area contributed by atoms with Crippen molar-refractivity contribution < 1.29 is 4.39 Å². The maximum absolute atomic E-state index is 13.4. The largest absolute Gasteiger partial charge is 0.310 e. The van der Waals surface area contributed by atoms with E-state index in [1.165, 1.54) is 6.07 Å². The highest BCUT2D eigenvalue weighted by Crippen LogP contribution is 2.30. The molecule has 1 aromatic heterocycles. The smallest absolute Gasteiger partial charge is 0.142 e. The molecule has 2 nitrogen and oxygen atoms in total. The number of rotatable bonds is 4. The molecular weight excluding hydrogens is 271 g/mol. The quantitative estimate of drug-likeness (QED) is 0.907. The number of hydrogen-bond donors (Lipinski definition) is 1. The number of halogens is 2. The lowest BCUT2D eigenvalue weighted by molar-refractivity contribution is 0.606. The van der Waals surface area contributed by atoms with Crippen molar-refractivity contribution in [2.75, 3.05) is 6.54 Å². The van der Waals surface area contributed by atoms with E-state index in [2.05, 4.69) is 24.1 Å². The van der Waals surface area contributed by atoms with Gasteiger partial charge in [-0.25, -0.2) is 9.37 Å². The molecule has 1 aromatic carbocycles. The lowest BCUT2D eigenvalue weighted by Gasteiger charge is -2.08. The Morgan fingerprint density at radius 1 is 1.50 bits per heavy atom. The second-order valence-corrected chi connectivity index (χ2v) is 5.45. The standard InChI is InChI=1S/C13H14ClFN2S/c1-3-16-8(2)12-7-17-13(18-12)9-4-5-10(14)11(15)6-9/h4-8,16H,3H2,1-2H3. The monoisotopic (exact) mass is 284 g/mol. The molecule has 0 fully saturated rings. The number of thiazole rings is 1. The van der Waals surface area contributed by atoms with Crippen molar-refractivity contribution >= 4 is 22.9 Å². The molecule has 0 spiro atoms. The van der Waals surface area contributed by atoms with E-state index in [-0.39, 0.29) is 11.1 Å². The summed E-state index contributed by atoms with van der Waals surface area (Å²) in [5.74, 6) is -0.411. The SMILES string of the molecule is CCNC(C)c1cnc(-c2ccc(Cl)c(F)c2)s1. The van der Waals surface area contributed by atoms with Gasteiger partial charge in [-0.2, -0.15) is 0 Å². The van der Waals surface area contributed by atoms with Crippen LogP contribution in [-0.2, 0) is 0 Å². The van der Waals surface area contributed by atoms with Crippen molar-refractivity contribution in [1.82, 2.24) is 10.3 Å². The maximum atomic E-state index is 13.4. The van der Waals surface area contributed by atoms with E-state index < -0.39 is 5.82 Å². The van der Waals surface area contributed by atoms with Crippen LogP contribution in [0.5, 0.6) is 0 Å². The lowest BCUT2D eigenvalue weighted by atomic mass is 10.2. The molecular formula is C13H14ClFN2S. The van der Waals surface area contributed by atoms with E-state index >= 15 is 0 Å². The van der Waals surface area contributed by atoms with Gasteiger partial charge in [0.2, 0.25) is 0 Å². The predicted octanol–water partition coefficient (Wildman–Crippen LogP) is 4.27. The van der Waals surface area contributed by atoms with Crippen molar-refractivity contribution in [3.63, 3.8) is 0 Å². The molecule has 0 radical (unpaired) electrons. The first-order valence-electron chi connectivity index (χ1n) is 5.76. The molecule has 1 atom stereocenters. The highest BCUT2D eigenvalue weighted by atomic mass is 35.5. The van der Waals surface area contributed by atoms with Crippen molar-refractivity contribution in [3.8, 4) is 10.6 Å². The van der Waals surface area contributed by atoms with Crippen LogP contribution in [0, 0.1) is 5.82 Å². The zero-order valence-corrected chi connectivity index (χ0v) is 11.8. The van der Waals surface area contributed by atoms with E-state index in [0.29, 0.717) is 0 Å². The summed E-state index contributed by atoms with van der Waals surface area (Å²) in [4.78, 5) is 5.47. The van der Waals surface area contributed by atoms with Gasteiger partial charge < -0.3 is 5.32 Å². The molecule has 0 amide bonds. The second-order valence-electron chi connectivity index (χ2n) is 3.98. The van der Waals surface area contributed by atoms with E-state index in [9.17, 15) is 4.39 Å². The first-order chi connectivity index (χ1) is 8.61. The van der Waals surface area contributed by atoms with Gasteiger partial charge in [-0.05, 0) is 25.6 Å². The third-order valence-corrected chi connectivity index (χ3v) is 4.16. The van der Waals surface area contributed by atoms with Crippen LogP contribution in [-0.4, -0.2) is 11.5 Å². The minimum atomic E-state index is -0.411. The summed E-state index contributed by atoms with van der Waals surface area (Å²) in [5, 5.41) is 4.27. The number of nitrogens with zero attached hydrogens (tertiary/aromatic N) is 1. The summed E-state index contributed by atoms with van der Waals surface area (Å²) in [5.41, 5.74) is 0.761. The summed E-state index contributed by atoms with van der Waals surface area (Å²) >= 11 is 7.23. The summed E-state index contributed by atoms with van der Waals surface area (Å²) in [7, 11) is 0. The number of hydrogen-bond acceptors (Lipinski definition) is 3. The maximum Gasteiger partial charge on any atom is 0.142 e. The van der Waals surface area contributed by atoms with Crippen molar-refractivity contribution in [1.29, 1.82) is 0 Å². The Balaban J connectivity index is 2.26. The molecule has 1 unspecified atom stereocenters. The Kier molecular flexibility index (Phi) is 4.32. The van der Waals surface area contributed by atoms with Crippen LogP contribution in [0.3, 0.4) is 0 Å². The summed E-state index contributed by atoms with van der Waals surface area (Å²) in [6.07, 6.45) is 1.83. The van der Waals surface area contributed by atoms with Gasteiger partial charge in [-0.1, -0.05) is 24.6 Å². The van der Waals surface area contributed by atoms with E-state index in [4.69, 9.17) is 11.6 Å². The third-order valence-electron chi connectivity index (χ3n) is 2.63. The fourth-order valence-corrected chi connectivity index (χ4v) is 2.71. The molecule has 0 aliphatic heterocycles.